The van der Waals surface area contributed by atoms with Crippen LogP contribution in [0.3, 0.4) is 0 Å². The summed E-state index contributed by atoms with van der Waals surface area (Å²) in [7, 11) is 0. The van der Waals surface area contributed by atoms with Crippen molar-refractivity contribution in [3.63, 3.8) is 0 Å². The third-order valence-electron chi connectivity index (χ3n) is 4.26. The molecule has 0 spiro atoms. The number of thiophene rings is 1. The molecule has 0 bridgehead atoms. The highest BCUT2D eigenvalue weighted by atomic mass is 35.5. The number of aliphatic hydroxyl groups excluding tert-OH is 1. The van der Waals surface area contributed by atoms with Gasteiger partial charge in [-0.2, -0.15) is 0 Å². The van der Waals surface area contributed by atoms with Crippen LogP contribution in [-0.2, 0) is 0 Å². The van der Waals surface area contributed by atoms with Crippen molar-refractivity contribution in [1.82, 2.24) is 0 Å². The lowest BCUT2D eigenvalue weighted by atomic mass is 10.0. The van der Waals surface area contributed by atoms with Gasteiger partial charge in [-0.15, -0.1) is 11.3 Å². The number of fused-ring (bicyclic) bond motifs is 1. The highest BCUT2D eigenvalue weighted by Gasteiger charge is 2.54. The standard InChI is InChI=1S/C13H17ClOS/c1-7-6-10(16-13(7)14)12(15)11-8-4-2-3-5-9(8)11/h6,8-9,11-12,15H,2-5H2,1H3. The Morgan fingerprint density at radius 1 is 1.38 bits per heavy atom. The zero-order chi connectivity index (χ0) is 11.3. The molecule has 3 unspecified atom stereocenters. The summed E-state index contributed by atoms with van der Waals surface area (Å²) >= 11 is 7.61. The van der Waals surface area contributed by atoms with E-state index in [1.54, 1.807) is 11.3 Å². The van der Waals surface area contributed by atoms with Gasteiger partial charge in [0.05, 0.1) is 10.4 Å². The molecule has 1 aromatic heterocycles. The van der Waals surface area contributed by atoms with Crippen molar-refractivity contribution >= 4 is 22.9 Å². The highest BCUT2D eigenvalue weighted by Crippen LogP contribution is 2.61. The number of aryl methyl sites for hydroxylation is 1. The van der Waals surface area contributed by atoms with E-state index in [1.165, 1.54) is 25.7 Å². The Balaban J connectivity index is 1.76. The molecule has 88 valence electrons. The van der Waals surface area contributed by atoms with Crippen LogP contribution in [0.5, 0.6) is 0 Å². The summed E-state index contributed by atoms with van der Waals surface area (Å²) < 4.78 is 0.831. The lowest BCUT2D eigenvalue weighted by Gasteiger charge is -2.07. The van der Waals surface area contributed by atoms with E-state index in [0.717, 1.165) is 26.6 Å². The van der Waals surface area contributed by atoms with Crippen molar-refractivity contribution in [1.29, 1.82) is 0 Å². The minimum Gasteiger partial charge on any atom is -0.387 e. The fourth-order valence-electron chi connectivity index (χ4n) is 3.34. The molecule has 0 amide bonds. The Kier molecular flexibility index (Phi) is 2.77. The van der Waals surface area contributed by atoms with Crippen LogP contribution >= 0.6 is 22.9 Å². The SMILES string of the molecule is Cc1cc(C(O)C2C3CCCCC32)sc1Cl. The van der Waals surface area contributed by atoms with E-state index in [2.05, 4.69) is 6.07 Å². The zero-order valence-electron chi connectivity index (χ0n) is 9.45. The second-order valence-corrected chi connectivity index (χ2v) is 6.93. The quantitative estimate of drug-likeness (QED) is 0.842. The predicted molar refractivity (Wildman–Crippen MR) is 68.0 cm³/mol. The normalized spacial score (nSPS) is 34.6. The smallest absolute Gasteiger partial charge is 0.0961 e. The van der Waals surface area contributed by atoms with Crippen LogP contribution in [0.15, 0.2) is 6.07 Å². The molecule has 2 fully saturated rings. The maximum Gasteiger partial charge on any atom is 0.0961 e. The van der Waals surface area contributed by atoms with Crippen molar-refractivity contribution < 1.29 is 5.11 Å². The van der Waals surface area contributed by atoms with Crippen LogP contribution in [0.1, 0.15) is 42.2 Å². The van der Waals surface area contributed by atoms with Gasteiger partial charge in [-0.3, -0.25) is 0 Å². The summed E-state index contributed by atoms with van der Waals surface area (Å²) in [5.41, 5.74) is 1.10. The Morgan fingerprint density at radius 3 is 2.50 bits per heavy atom. The maximum absolute atomic E-state index is 10.4. The topological polar surface area (TPSA) is 20.2 Å². The summed E-state index contributed by atoms with van der Waals surface area (Å²) in [6.07, 6.45) is 5.10. The van der Waals surface area contributed by atoms with Gasteiger partial charge in [-0.25, -0.2) is 0 Å². The number of aliphatic hydroxyl groups is 1. The number of hydrogen-bond donors (Lipinski definition) is 1. The zero-order valence-corrected chi connectivity index (χ0v) is 11.0. The van der Waals surface area contributed by atoms with Crippen molar-refractivity contribution in [3.8, 4) is 0 Å². The Hall–Kier alpha value is -0.0500. The third-order valence-corrected chi connectivity index (χ3v) is 5.88. The summed E-state index contributed by atoms with van der Waals surface area (Å²) in [5, 5.41) is 10.4. The molecule has 16 heavy (non-hydrogen) atoms. The Labute approximate surface area is 105 Å². The molecule has 1 aromatic rings. The van der Waals surface area contributed by atoms with E-state index >= 15 is 0 Å². The first-order valence-corrected chi connectivity index (χ1v) is 7.32. The van der Waals surface area contributed by atoms with Crippen LogP contribution < -0.4 is 0 Å². The summed E-state index contributed by atoms with van der Waals surface area (Å²) in [4.78, 5) is 1.07. The molecular weight excluding hydrogens is 240 g/mol. The minimum absolute atomic E-state index is 0.260. The monoisotopic (exact) mass is 256 g/mol. The fraction of sp³-hybridized carbons (Fsp3) is 0.692. The first kappa shape index (κ1) is 11.1. The predicted octanol–water partition coefficient (Wildman–Crippen LogP) is 4.18. The van der Waals surface area contributed by atoms with E-state index in [4.69, 9.17) is 11.6 Å². The first-order chi connectivity index (χ1) is 7.68. The molecule has 3 rings (SSSR count). The Morgan fingerprint density at radius 2 is 2.00 bits per heavy atom. The molecule has 1 N–H and O–H groups in total. The molecule has 3 atom stereocenters. The molecule has 0 aliphatic heterocycles. The van der Waals surface area contributed by atoms with E-state index in [1.807, 2.05) is 6.92 Å². The van der Waals surface area contributed by atoms with Gasteiger partial charge in [0.15, 0.2) is 0 Å². The van der Waals surface area contributed by atoms with Gasteiger partial charge in [-0.05, 0) is 49.1 Å². The van der Waals surface area contributed by atoms with Crippen molar-refractivity contribution in [2.24, 2.45) is 17.8 Å². The molecule has 2 aliphatic rings. The van der Waals surface area contributed by atoms with Gasteiger partial charge >= 0.3 is 0 Å². The molecule has 2 aliphatic carbocycles. The Bertz CT molecular complexity index is 369. The van der Waals surface area contributed by atoms with Crippen LogP contribution in [0.4, 0.5) is 0 Å². The highest BCUT2D eigenvalue weighted by molar-refractivity contribution is 7.16. The lowest BCUT2D eigenvalue weighted by molar-refractivity contribution is 0.146. The second kappa shape index (κ2) is 4.01. The first-order valence-electron chi connectivity index (χ1n) is 6.12. The second-order valence-electron chi connectivity index (χ2n) is 5.24. The molecule has 3 heteroatoms. The molecule has 0 radical (unpaired) electrons. The van der Waals surface area contributed by atoms with Crippen LogP contribution in [-0.4, -0.2) is 5.11 Å². The van der Waals surface area contributed by atoms with Crippen molar-refractivity contribution in [3.05, 3.63) is 20.8 Å². The summed E-state index contributed by atoms with van der Waals surface area (Å²) in [5.74, 6) is 2.12. The largest absolute Gasteiger partial charge is 0.387 e. The molecule has 2 saturated carbocycles. The van der Waals surface area contributed by atoms with Gasteiger partial charge in [0.2, 0.25) is 0 Å². The van der Waals surface area contributed by atoms with Crippen LogP contribution in [0, 0.1) is 24.7 Å². The minimum atomic E-state index is -0.260. The average Bonchev–Trinajstić information content (AvgIpc) is 2.91. The fourth-order valence-corrected chi connectivity index (χ4v) is 4.60. The molecule has 0 aromatic carbocycles. The van der Waals surface area contributed by atoms with Gasteiger partial charge in [0, 0.05) is 4.88 Å². The van der Waals surface area contributed by atoms with Gasteiger partial charge < -0.3 is 5.11 Å². The van der Waals surface area contributed by atoms with E-state index in [-0.39, 0.29) is 6.10 Å². The number of hydrogen-bond acceptors (Lipinski definition) is 2. The van der Waals surface area contributed by atoms with Crippen LogP contribution in [0.25, 0.3) is 0 Å². The molecule has 1 nitrogen and oxygen atoms in total. The van der Waals surface area contributed by atoms with E-state index in [9.17, 15) is 5.11 Å². The van der Waals surface area contributed by atoms with E-state index < -0.39 is 0 Å². The lowest BCUT2D eigenvalue weighted by Crippen LogP contribution is -1.99. The molecular formula is C13H17ClOS. The maximum atomic E-state index is 10.4. The number of rotatable bonds is 2. The summed E-state index contributed by atoms with van der Waals surface area (Å²) in [6, 6.07) is 2.06. The van der Waals surface area contributed by atoms with Crippen molar-refractivity contribution in [2.45, 2.75) is 38.7 Å². The summed E-state index contributed by atoms with van der Waals surface area (Å²) in [6.45, 7) is 2.01. The number of halogens is 1. The van der Waals surface area contributed by atoms with E-state index in [0.29, 0.717) is 5.92 Å². The van der Waals surface area contributed by atoms with Crippen molar-refractivity contribution in [2.75, 3.05) is 0 Å². The van der Waals surface area contributed by atoms with Gasteiger partial charge in [-0.1, -0.05) is 24.4 Å². The average molecular weight is 257 g/mol. The molecule has 1 heterocycles. The van der Waals surface area contributed by atoms with Gasteiger partial charge in [0.25, 0.3) is 0 Å². The van der Waals surface area contributed by atoms with Crippen LogP contribution in [0.2, 0.25) is 4.34 Å². The third kappa shape index (κ3) is 1.71. The van der Waals surface area contributed by atoms with Gasteiger partial charge in [0.1, 0.15) is 0 Å². The molecule has 0 saturated heterocycles.